The van der Waals surface area contributed by atoms with Crippen molar-refractivity contribution in [3.63, 3.8) is 0 Å². The summed E-state index contributed by atoms with van der Waals surface area (Å²) in [5.74, 6) is 0.126. The minimum atomic E-state index is -0.390. The van der Waals surface area contributed by atoms with Gasteiger partial charge in [-0.2, -0.15) is 0 Å². The lowest BCUT2D eigenvalue weighted by molar-refractivity contribution is -0.306. The molecule has 2 nitrogen and oxygen atoms in total. The van der Waals surface area contributed by atoms with E-state index in [2.05, 4.69) is 48.5 Å². The lowest BCUT2D eigenvalue weighted by Crippen LogP contribution is -2.47. The van der Waals surface area contributed by atoms with E-state index in [-0.39, 0.29) is 18.0 Å². The summed E-state index contributed by atoms with van der Waals surface area (Å²) in [6.07, 6.45) is 16.5. The molecule has 0 aliphatic carbocycles. The molecule has 0 spiro atoms. The number of unbranched alkanes of at least 4 members (excludes halogenated alkanes) is 5. The predicted molar refractivity (Wildman–Crippen MR) is 116 cm³/mol. The second-order valence-corrected chi connectivity index (χ2v) is 8.28. The third kappa shape index (κ3) is 10.3. The topological polar surface area (TPSA) is 18.5 Å². The lowest BCUT2D eigenvalue weighted by atomic mass is 9.85. The Morgan fingerprint density at radius 3 is 1.62 bits per heavy atom. The highest BCUT2D eigenvalue weighted by Crippen LogP contribution is 2.39. The number of hydrogen-bond acceptors (Lipinski definition) is 2. The summed E-state index contributed by atoms with van der Waals surface area (Å²) in [4.78, 5) is 0. The zero-order valence-electron chi connectivity index (χ0n) is 19.2. The van der Waals surface area contributed by atoms with Gasteiger partial charge in [0.25, 0.3) is 0 Å². The molecule has 0 aliphatic rings. The Kier molecular flexibility index (Phi) is 15.9. The van der Waals surface area contributed by atoms with E-state index >= 15 is 0 Å². The SMILES string of the molecule is CCCCCCCCC(CCC)C(CCC)(OC(C)CC)OC(C)CC. The lowest BCUT2D eigenvalue weighted by Gasteiger charge is -2.44. The minimum absolute atomic E-state index is 0.259. The first-order valence-corrected chi connectivity index (χ1v) is 11.8. The van der Waals surface area contributed by atoms with Gasteiger partial charge >= 0.3 is 0 Å². The van der Waals surface area contributed by atoms with Gasteiger partial charge in [-0.25, -0.2) is 0 Å². The van der Waals surface area contributed by atoms with Crippen LogP contribution in [0.5, 0.6) is 0 Å². The molecule has 0 N–H and O–H groups in total. The molecule has 0 radical (unpaired) electrons. The van der Waals surface area contributed by atoms with Gasteiger partial charge in [-0.15, -0.1) is 0 Å². The summed E-state index contributed by atoms with van der Waals surface area (Å²) in [6, 6.07) is 0. The van der Waals surface area contributed by atoms with Crippen LogP contribution >= 0.6 is 0 Å². The second-order valence-electron chi connectivity index (χ2n) is 8.28. The van der Waals surface area contributed by atoms with Crippen molar-refractivity contribution >= 4 is 0 Å². The average Bonchev–Trinajstić information content (AvgIpc) is 2.63. The standard InChI is InChI=1S/C24H50O2/c1-8-13-14-15-16-17-19-23(18-9-2)24(20-10-3,25-21(6)11-4)26-22(7)12-5/h21-23H,8-20H2,1-7H3. The fourth-order valence-electron chi connectivity index (χ4n) is 3.84. The Morgan fingerprint density at radius 1 is 0.615 bits per heavy atom. The largest absolute Gasteiger partial charge is 0.347 e. The molecular weight excluding hydrogens is 320 g/mol. The molecule has 0 fully saturated rings. The van der Waals surface area contributed by atoms with Crippen LogP contribution in [0, 0.1) is 5.92 Å². The van der Waals surface area contributed by atoms with E-state index in [1.807, 2.05) is 0 Å². The summed E-state index contributed by atoms with van der Waals surface area (Å²) in [6.45, 7) is 15.7. The van der Waals surface area contributed by atoms with E-state index in [4.69, 9.17) is 9.47 Å². The molecule has 0 amide bonds. The van der Waals surface area contributed by atoms with Gasteiger partial charge in [0.1, 0.15) is 0 Å². The van der Waals surface area contributed by atoms with E-state index in [0.717, 1.165) is 25.7 Å². The second kappa shape index (κ2) is 15.9. The van der Waals surface area contributed by atoms with E-state index in [9.17, 15) is 0 Å². The summed E-state index contributed by atoms with van der Waals surface area (Å²) in [5, 5.41) is 0. The molecule has 0 aromatic rings. The van der Waals surface area contributed by atoms with Gasteiger partial charge in [-0.05, 0) is 39.5 Å². The van der Waals surface area contributed by atoms with Crippen LogP contribution in [0.1, 0.15) is 132 Å². The molecule has 0 rings (SSSR count). The van der Waals surface area contributed by atoms with Crippen LogP contribution in [0.15, 0.2) is 0 Å². The Morgan fingerprint density at radius 2 is 1.15 bits per heavy atom. The molecule has 0 aliphatic heterocycles. The molecule has 0 saturated carbocycles. The summed E-state index contributed by atoms with van der Waals surface area (Å²) in [5.41, 5.74) is 0. The van der Waals surface area contributed by atoms with Crippen LogP contribution in [0.3, 0.4) is 0 Å². The first-order chi connectivity index (χ1) is 12.5. The monoisotopic (exact) mass is 370 g/mol. The van der Waals surface area contributed by atoms with Gasteiger partial charge in [0, 0.05) is 12.3 Å². The fourth-order valence-corrected chi connectivity index (χ4v) is 3.84. The Bertz CT molecular complexity index is 291. The maximum absolute atomic E-state index is 6.69. The van der Waals surface area contributed by atoms with Crippen molar-refractivity contribution in [3.05, 3.63) is 0 Å². The highest BCUT2D eigenvalue weighted by atomic mass is 16.7. The molecular formula is C24H50O2. The molecule has 158 valence electrons. The third-order valence-electron chi connectivity index (χ3n) is 5.71. The number of rotatable bonds is 18. The van der Waals surface area contributed by atoms with Crippen molar-refractivity contribution in [2.45, 2.75) is 150 Å². The first-order valence-electron chi connectivity index (χ1n) is 11.8. The fraction of sp³-hybridized carbons (Fsp3) is 1.00. The van der Waals surface area contributed by atoms with Crippen LogP contribution < -0.4 is 0 Å². The van der Waals surface area contributed by atoms with Crippen LogP contribution in [-0.4, -0.2) is 18.0 Å². The van der Waals surface area contributed by atoms with Crippen LogP contribution in [0.4, 0.5) is 0 Å². The highest BCUT2D eigenvalue weighted by molar-refractivity contribution is 4.82. The van der Waals surface area contributed by atoms with Crippen LogP contribution in [0.2, 0.25) is 0 Å². The van der Waals surface area contributed by atoms with E-state index in [0.29, 0.717) is 5.92 Å². The third-order valence-corrected chi connectivity index (χ3v) is 5.71. The minimum Gasteiger partial charge on any atom is -0.347 e. The van der Waals surface area contributed by atoms with Crippen LogP contribution in [-0.2, 0) is 9.47 Å². The van der Waals surface area contributed by atoms with Crippen molar-refractivity contribution < 1.29 is 9.47 Å². The molecule has 0 heterocycles. The molecule has 3 atom stereocenters. The molecule has 0 bridgehead atoms. The average molecular weight is 371 g/mol. The Balaban J connectivity index is 5.14. The molecule has 3 unspecified atom stereocenters. The quantitative estimate of drug-likeness (QED) is 0.178. The van der Waals surface area contributed by atoms with Gasteiger partial charge in [0.05, 0.1) is 12.2 Å². The van der Waals surface area contributed by atoms with Crippen molar-refractivity contribution in [2.75, 3.05) is 0 Å². The Labute approximate surface area is 165 Å². The molecule has 26 heavy (non-hydrogen) atoms. The molecule has 0 aromatic heterocycles. The van der Waals surface area contributed by atoms with Gasteiger partial charge in [-0.3, -0.25) is 0 Å². The number of hydrogen-bond donors (Lipinski definition) is 0. The van der Waals surface area contributed by atoms with Gasteiger partial charge in [-0.1, -0.05) is 86.0 Å². The first kappa shape index (κ1) is 25.9. The molecule has 2 heteroatoms. The summed E-state index contributed by atoms with van der Waals surface area (Å²) >= 11 is 0. The highest BCUT2D eigenvalue weighted by Gasteiger charge is 2.41. The maximum atomic E-state index is 6.69. The smallest absolute Gasteiger partial charge is 0.171 e. The van der Waals surface area contributed by atoms with Crippen molar-refractivity contribution in [1.29, 1.82) is 0 Å². The Hall–Kier alpha value is -0.0800. The maximum Gasteiger partial charge on any atom is 0.171 e. The summed E-state index contributed by atoms with van der Waals surface area (Å²) in [7, 11) is 0. The van der Waals surface area contributed by atoms with E-state index < -0.39 is 0 Å². The van der Waals surface area contributed by atoms with Gasteiger partial charge < -0.3 is 9.47 Å². The zero-order chi connectivity index (χ0) is 19.8. The van der Waals surface area contributed by atoms with Crippen LogP contribution in [0.25, 0.3) is 0 Å². The van der Waals surface area contributed by atoms with E-state index in [1.165, 1.54) is 57.8 Å². The zero-order valence-corrected chi connectivity index (χ0v) is 19.2. The van der Waals surface area contributed by atoms with Crippen molar-refractivity contribution in [3.8, 4) is 0 Å². The van der Waals surface area contributed by atoms with E-state index in [1.54, 1.807) is 0 Å². The van der Waals surface area contributed by atoms with Gasteiger partial charge in [0.15, 0.2) is 5.79 Å². The van der Waals surface area contributed by atoms with Gasteiger partial charge in [0.2, 0.25) is 0 Å². The predicted octanol–water partition coefficient (Wildman–Crippen LogP) is 8.28. The molecule has 0 saturated heterocycles. The summed E-state index contributed by atoms with van der Waals surface area (Å²) < 4.78 is 13.4. The van der Waals surface area contributed by atoms with Crippen molar-refractivity contribution in [1.82, 2.24) is 0 Å². The number of ether oxygens (including phenoxy) is 2. The normalized spacial score (nSPS) is 17.7. The van der Waals surface area contributed by atoms with Crippen molar-refractivity contribution in [2.24, 2.45) is 5.92 Å². The molecule has 0 aromatic carbocycles.